The van der Waals surface area contributed by atoms with Crippen LogP contribution in [0.25, 0.3) is 0 Å². The fraction of sp³-hybridized carbons (Fsp3) is 0.786. The van der Waals surface area contributed by atoms with Crippen molar-refractivity contribution in [1.29, 1.82) is 0 Å². The number of likely N-dealkylation sites (tertiary alicyclic amines) is 1. The Morgan fingerprint density at radius 3 is 2.17 bits per heavy atom. The van der Waals surface area contributed by atoms with Crippen molar-refractivity contribution in [2.75, 3.05) is 13.1 Å². The van der Waals surface area contributed by atoms with E-state index >= 15 is 0 Å². The molecule has 0 radical (unpaired) electrons. The minimum absolute atomic E-state index is 0. The topological polar surface area (TPSA) is 188 Å². The third-order valence-corrected chi connectivity index (χ3v) is 3.98. The number of nitrogens with two attached hydrogens (primary N) is 1. The first-order valence-electron chi connectivity index (χ1n) is 7.68. The molecular formula is C14H28N4O6. The smallest absolute Gasteiger partial charge is 0.326 e. The van der Waals surface area contributed by atoms with Crippen LogP contribution in [-0.2, 0) is 14.4 Å². The third kappa shape index (κ3) is 6.04. The molecule has 0 aromatic heterocycles. The number of hydrogen-bond donors (Lipinski definition) is 6. The van der Waals surface area contributed by atoms with Gasteiger partial charge in [-0.15, -0.1) is 0 Å². The molecule has 0 aliphatic carbocycles. The van der Waals surface area contributed by atoms with Crippen molar-refractivity contribution < 1.29 is 29.7 Å². The molecule has 2 fully saturated rings. The number of hydrogen-bond acceptors (Lipinski definition) is 7. The highest BCUT2D eigenvalue weighted by Crippen LogP contribution is 2.18. The van der Waals surface area contributed by atoms with E-state index in [9.17, 15) is 14.4 Å². The summed E-state index contributed by atoms with van der Waals surface area (Å²) in [5, 5.41) is 29.2. The van der Waals surface area contributed by atoms with Crippen LogP contribution in [0, 0.1) is 0 Å². The van der Waals surface area contributed by atoms with E-state index in [4.69, 9.17) is 21.1 Å². The summed E-state index contributed by atoms with van der Waals surface area (Å²) in [6.45, 7) is 2.67. The van der Waals surface area contributed by atoms with Gasteiger partial charge in [-0.1, -0.05) is 0 Å². The maximum absolute atomic E-state index is 11.7. The molecule has 140 valence electrons. The number of amides is 1. The summed E-state index contributed by atoms with van der Waals surface area (Å²) < 4.78 is 0. The van der Waals surface area contributed by atoms with Crippen LogP contribution >= 0.6 is 0 Å². The molecule has 0 aromatic rings. The van der Waals surface area contributed by atoms with E-state index in [0.29, 0.717) is 19.4 Å². The molecule has 24 heavy (non-hydrogen) atoms. The van der Waals surface area contributed by atoms with Gasteiger partial charge in [0.05, 0.1) is 6.10 Å². The predicted octanol–water partition coefficient (Wildman–Crippen LogP) is -1.24. The Morgan fingerprint density at radius 1 is 1.17 bits per heavy atom. The average molecular weight is 348 g/mol. The lowest BCUT2D eigenvalue weighted by atomic mass is 10.1. The summed E-state index contributed by atoms with van der Waals surface area (Å²) in [5.41, 5.74) is 5.47. The van der Waals surface area contributed by atoms with Crippen LogP contribution in [0.1, 0.15) is 32.6 Å². The predicted molar refractivity (Wildman–Crippen MR) is 85.7 cm³/mol. The van der Waals surface area contributed by atoms with Gasteiger partial charge in [-0.05, 0) is 39.2 Å². The molecule has 2 saturated heterocycles. The van der Waals surface area contributed by atoms with Gasteiger partial charge in [-0.25, -0.2) is 4.79 Å². The van der Waals surface area contributed by atoms with Crippen molar-refractivity contribution in [3.8, 4) is 0 Å². The van der Waals surface area contributed by atoms with Crippen molar-refractivity contribution in [3.63, 3.8) is 0 Å². The van der Waals surface area contributed by atoms with E-state index in [0.717, 1.165) is 19.4 Å². The number of aliphatic hydroxyl groups is 1. The largest absolute Gasteiger partial charge is 0.480 e. The molecule has 0 unspecified atom stereocenters. The molecule has 2 aliphatic heterocycles. The third-order valence-electron chi connectivity index (χ3n) is 3.98. The summed E-state index contributed by atoms with van der Waals surface area (Å²) in [5.74, 6) is -2.23. The Balaban J connectivity index is 0.000000498. The van der Waals surface area contributed by atoms with Crippen molar-refractivity contribution >= 4 is 17.8 Å². The Labute approximate surface area is 140 Å². The van der Waals surface area contributed by atoms with Gasteiger partial charge in [0.25, 0.3) is 0 Å². The first kappa shape index (κ1) is 22.2. The van der Waals surface area contributed by atoms with Crippen molar-refractivity contribution in [2.24, 2.45) is 5.73 Å². The maximum atomic E-state index is 11.7. The number of rotatable bonds is 4. The summed E-state index contributed by atoms with van der Waals surface area (Å²) >= 11 is 0. The standard InChI is InChI=1S/C9H16N2O4.C5H9NO2.H3N/c1-5(12)7(10)8(13)11-4-2-3-6(11)9(14)15;7-5(8)4-2-1-3-6-4;/h5-7,12H,2-4,10H2,1H3,(H,14,15);4,6H,1-3H2,(H,7,8);1H3/t5-,6+,7+;4-;/m10./s1. The number of nitrogens with one attached hydrogen (secondary N) is 1. The Morgan fingerprint density at radius 2 is 1.79 bits per heavy atom. The molecule has 0 spiro atoms. The SMILES string of the molecule is C[C@@H](O)[C@H](N)C(=O)N1CCC[C@H]1C(=O)O.N.O=C(O)[C@@H]1CCCN1. The Hall–Kier alpha value is -1.75. The monoisotopic (exact) mass is 348 g/mol. The van der Waals surface area contributed by atoms with Crippen LogP contribution in [0.2, 0.25) is 0 Å². The maximum Gasteiger partial charge on any atom is 0.326 e. The molecule has 0 saturated carbocycles. The normalized spacial score (nSPS) is 25.0. The van der Waals surface area contributed by atoms with Gasteiger partial charge in [-0.2, -0.15) is 0 Å². The van der Waals surface area contributed by atoms with Gasteiger partial charge in [-0.3, -0.25) is 9.59 Å². The molecule has 10 heteroatoms. The van der Waals surface area contributed by atoms with Gasteiger partial charge in [0.1, 0.15) is 18.1 Å². The van der Waals surface area contributed by atoms with E-state index in [1.165, 1.54) is 11.8 Å². The second kappa shape index (κ2) is 10.2. The number of carboxylic acids is 2. The van der Waals surface area contributed by atoms with Crippen LogP contribution in [-0.4, -0.2) is 75.4 Å². The lowest BCUT2D eigenvalue weighted by molar-refractivity contribution is -0.149. The van der Waals surface area contributed by atoms with E-state index in [-0.39, 0.29) is 12.2 Å². The second-order valence-corrected chi connectivity index (χ2v) is 5.78. The van der Waals surface area contributed by atoms with E-state index in [1.54, 1.807) is 0 Å². The molecule has 2 rings (SSSR count). The molecule has 2 aliphatic rings. The summed E-state index contributed by atoms with van der Waals surface area (Å²) in [6, 6.07) is -2.10. The first-order chi connectivity index (χ1) is 10.8. The highest BCUT2D eigenvalue weighted by Gasteiger charge is 2.37. The van der Waals surface area contributed by atoms with E-state index in [2.05, 4.69) is 5.32 Å². The Kier molecular flexibility index (Phi) is 9.44. The molecule has 2 heterocycles. The molecule has 4 atom stereocenters. The molecule has 0 bridgehead atoms. The van der Waals surface area contributed by atoms with Gasteiger partial charge in [0.2, 0.25) is 5.91 Å². The highest BCUT2D eigenvalue weighted by molar-refractivity contribution is 5.87. The van der Waals surface area contributed by atoms with Gasteiger partial charge < -0.3 is 37.4 Å². The number of carbonyl (C=O) groups excluding carboxylic acids is 1. The van der Waals surface area contributed by atoms with Crippen LogP contribution in [0.5, 0.6) is 0 Å². The Bertz CT molecular complexity index is 439. The minimum Gasteiger partial charge on any atom is -0.480 e. The van der Waals surface area contributed by atoms with Crippen LogP contribution in [0.15, 0.2) is 0 Å². The summed E-state index contributed by atoms with van der Waals surface area (Å²) in [6.07, 6.45) is 1.93. The lowest BCUT2D eigenvalue weighted by Gasteiger charge is -2.25. The van der Waals surface area contributed by atoms with Crippen molar-refractivity contribution in [1.82, 2.24) is 16.4 Å². The first-order valence-corrected chi connectivity index (χ1v) is 7.68. The number of nitrogens with zero attached hydrogens (tertiary/aromatic N) is 1. The van der Waals surface area contributed by atoms with Gasteiger partial charge >= 0.3 is 11.9 Å². The lowest BCUT2D eigenvalue weighted by Crippen LogP contribution is -2.52. The summed E-state index contributed by atoms with van der Waals surface area (Å²) in [7, 11) is 0. The molecule has 9 N–H and O–H groups in total. The molecule has 10 nitrogen and oxygen atoms in total. The second-order valence-electron chi connectivity index (χ2n) is 5.78. The summed E-state index contributed by atoms with van der Waals surface area (Å²) in [4.78, 5) is 33.9. The zero-order chi connectivity index (χ0) is 17.6. The van der Waals surface area contributed by atoms with E-state index in [1.807, 2.05) is 0 Å². The van der Waals surface area contributed by atoms with E-state index < -0.39 is 36.0 Å². The number of aliphatic carboxylic acids is 2. The van der Waals surface area contributed by atoms with Gasteiger partial charge in [0.15, 0.2) is 0 Å². The van der Waals surface area contributed by atoms with Crippen molar-refractivity contribution in [3.05, 3.63) is 0 Å². The fourth-order valence-corrected chi connectivity index (χ4v) is 2.58. The van der Waals surface area contributed by atoms with Crippen molar-refractivity contribution in [2.45, 2.75) is 56.8 Å². The van der Waals surface area contributed by atoms with Crippen LogP contribution < -0.4 is 17.2 Å². The zero-order valence-electron chi connectivity index (χ0n) is 13.9. The molecular weight excluding hydrogens is 320 g/mol. The number of carbonyl (C=O) groups is 3. The fourth-order valence-electron chi connectivity index (χ4n) is 2.58. The zero-order valence-corrected chi connectivity index (χ0v) is 13.9. The minimum atomic E-state index is -1.04. The van der Waals surface area contributed by atoms with Crippen LogP contribution in [0.3, 0.4) is 0 Å². The molecule has 1 amide bonds. The average Bonchev–Trinajstić information content (AvgIpc) is 3.16. The highest BCUT2D eigenvalue weighted by atomic mass is 16.4. The van der Waals surface area contributed by atoms with Gasteiger partial charge in [0, 0.05) is 6.54 Å². The molecule has 0 aromatic carbocycles. The quantitative estimate of drug-likeness (QED) is 0.361. The number of aliphatic hydroxyl groups excluding tert-OH is 1. The van der Waals surface area contributed by atoms with Crippen LogP contribution in [0.4, 0.5) is 0 Å². The number of carboxylic acid groups (broad SMARTS) is 2.